The van der Waals surface area contributed by atoms with Crippen molar-refractivity contribution in [3.8, 4) is 0 Å². The van der Waals surface area contributed by atoms with Gasteiger partial charge in [0.25, 0.3) is 15.7 Å². The molecule has 0 unspecified atom stereocenters. The van der Waals surface area contributed by atoms with Gasteiger partial charge in [-0.3, -0.25) is 14.9 Å². The second-order valence-electron chi connectivity index (χ2n) is 10.9. The predicted molar refractivity (Wildman–Crippen MR) is 169 cm³/mol. The van der Waals surface area contributed by atoms with E-state index >= 15 is 4.39 Å². The fraction of sp³-hybridized carbons (Fsp3) is 0.233. The zero-order valence-corrected chi connectivity index (χ0v) is 25.5. The van der Waals surface area contributed by atoms with Crippen LogP contribution in [0.3, 0.4) is 0 Å². The van der Waals surface area contributed by atoms with Crippen molar-refractivity contribution < 1.29 is 32.0 Å². The van der Waals surface area contributed by atoms with Crippen LogP contribution < -0.4 is 14.6 Å². The maximum atomic E-state index is 15.5. The number of hydrogen-bond donors (Lipinski definition) is 1. The van der Waals surface area contributed by atoms with E-state index < -0.39 is 43.5 Å². The number of sulfonamides is 1. The molecule has 2 aliphatic rings. The molecule has 12 nitrogen and oxygen atoms in total. The number of rotatable bonds is 7. The number of anilines is 2. The largest absolute Gasteiger partial charge is 0.477 e. The highest BCUT2D eigenvalue weighted by molar-refractivity contribution is 7.95. The number of piperazine rings is 1. The van der Waals surface area contributed by atoms with Gasteiger partial charge in [-0.15, -0.1) is 0 Å². The SMILES string of the molecule is O=C(O)c1cn(C2CC2)c2cc(N3CCN(C(=S)N(c4ccc(F)cc4)S(=O)(=O)c4ccc([N+](=O)[O-])cc4)CC3)c(F)cc2c1=O. The first-order valence-electron chi connectivity index (χ1n) is 14.1. The highest BCUT2D eigenvalue weighted by Gasteiger charge is 2.34. The zero-order valence-electron chi connectivity index (χ0n) is 23.9. The second kappa shape index (κ2) is 11.8. The third kappa shape index (κ3) is 5.64. The normalized spacial score (nSPS) is 15.2. The third-order valence-electron chi connectivity index (χ3n) is 7.98. The van der Waals surface area contributed by atoms with Crippen LogP contribution in [-0.2, 0) is 10.0 Å². The van der Waals surface area contributed by atoms with Crippen molar-refractivity contribution in [2.75, 3.05) is 35.4 Å². The molecule has 1 N–H and O–H groups in total. The molecule has 1 saturated heterocycles. The number of nitro benzene ring substituents is 1. The molecule has 1 saturated carbocycles. The minimum absolute atomic E-state index is 0.00359. The fourth-order valence-electron chi connectivity index (χ4n) is 5.45. The van der Waals surface area contributed by atoms with Crippen molar-refractivity contribution in [3.05, 3.63) is 104 Å². The first kappa shape index (κ1) is 31.0. The second-order valence-corrected chi connectivity index (χ2v) is 13.0. The number of carboxylic acids is 1. The lowest BCUT2D eigenvalue weighted by Gasteiger charge is -2.40. The Morgan fingerprint density at radius 2 is 1.63 bits per heavy atom. The molecular weight excluding hydrogens is 644 g/mol. The number of aromatic nitrogens is 1. The Bertz CT molecular complexity index is 2060. The van der Waals surface area contributed by atoms with Crippen LogP contribution in [0.15, 0.2) is 76.6 Å². The number of halogens is 2. The molecule has 0 radical (unpaired) electrons. The predicted octanol–water partition coefficient (Wildman–Crippen LogP) is 4.52. The highest BCUT2D eigenvalue weighted by atomic mass is 32.2. The van der Waals surface area contributed by atoms with E-state index in [0.29, 0.717) is 5.52 Å². The molecule has 3 aromatic carbocycles. The molecule has 1 aliphatic heterocycles. The summed E-state index contributed by atoms with van der Waals surface area (Å²) in [5.41, 5.74) is -0.833. The number of thiocarbonyl (C=S) groups is 1. The third-order valence-corrected chi connectivity index (χ3v) is 10.3. The van der Waals surface area contributed by atoms with E-state index in [9.17, 15) is 37.6 Å². The van der Waals surface area contributed by atoms with Gasteiger partial charge >= 0.3 is 5.97 Å². The average Bonchev–Trinajstić information content (AvgIpc) is 3.88. The number of fused-ring (bicyclic) bond motifs is 1. The Balaban J connectivity index is 1.29. The Kier molecular flexibility index (Phi) is 7.93. The molecule has 1 aliphatic carbocycles. The summed E-state index contributed by atoms with van der Waals surface area (Å²) in [5.74, 6) is -2.69. The number of aromatic carboxylic acids is 1. The van der Waals surface area contributed by atoms with E-state index in [1.54, 1.807) is 14.4 Å². The van der Waals surface area contributed by atoms with Gasteiger partial charge < -0.3 is 19.5 Å². The van der Waals surface area contributed by atoms with Crippen LogP contribution in [0.2, 0.25) is 0 Å². The Morgan fingerprint density at radius 1 is 1.00 bits per heavy atom. The van der Waals surface area contributed by atoms with E-state index in [0.717, 1.165) is 59.6 Å². The topological polar surface area (TPSA) is 146 Å². The van der Waals surface area contributed by atoms with E-state index in [1.165, 1.54) is 24.4 Å². The quantitative estimate of drug-likeness (QED) is 0.169. The lowest BCUT2D eigenvalue weighted by molar-refractivity contribution is -0.384. The van der Waals surface area contributed by atoms with Crippen LogP contribution in [-0.4, -0.2) is 65.2 Å². The molecule has 16 heteroatoms. The zero-order chi connectivity index (χ0) is 32.9. The first-order chi connectivity index (χ1) is 21.9. The molecule has 2 fully saturated rings. The van der Waals surface area contributed by atoms with Gasteiger partial charge in [0.1, 0.15) is 17.2 Å². The maximum absolute atomic E-state index is 15.5. The summed E-state index contributed by atoms with van der Waals surface area (Å²) in [6, 6.07) is 11.6. The molecule has 0 spiro atoms. The number of non-ortho nitro benzene ring substituents is 1. The summed E-state index contributed by atoms with van der Waals surface area (Å²) < 4.78 is 59.5. The van der Waals surface area contributed by atoms with Crippen LogP contribution in [0.5, 0.6) is 0 Å². The lowest BCUT2D eigenvalue weighted by atomic mass is 10.1. The van der Waals surface area contributed by atoms with Gasteiger partial charge in [-0.2, -0.15) is 0 Å². The molecular formula is C30H25F2N5O7S2. The Hall–Kier alpha value is -4.96. The van der Waals surface area contributed by atoms with Crippen LogP contribution >= 0.6 is 12.2 Å². The lowest BCUT2D eigenvalue weighted by Crippen LogP contribution is -2.54. The summed E-state index contributed by atoms with van der Waals surface area (Å²) in [6.45, 7) is 0.741. The molecule has 0 amide bonds. The van der Waals surface area contributed by atoms with Gasteiger partial charge in [0, 0.05) is 55.9 Å². The minimum Gasteiger partial charge on any atom is -0.477 e. The van der Waals surface area contributed by atoms with Crippen molar-refractivity contribution in [3.63, 3.8) is 0 Å². The number of benzene rings is 3. The van der Waals surface area contributed by atoms with Crippen molar-refractivity contribution >= 4 is 61.3 Å². The smallest absolute Gasteiger partial charge is 0.341 e. The van der Waals surface area contributed by atoms with Gasteiger partial charge in [-0.05, 0) is 73.6 Å². The average molecular weight is 670 g/mol. The fourth-order valence-corrected chi connectivity index (χ4v) is 7.44. The molecule has 2 heterocycles. The number of nitrogens with zero attached hydrogens (tertiary/aromatic N) is 5. The van der Waals surface area contributed by atoms with Crippen LogP contribution in [0, 0.1) is 21.7 Å². The summed E-state index contributed by atoms with van der Waals surface area (Å²) in [5, 5.41) is 20.4. The molecule has 238 valence electrons. The van der Waals surface area contributed by atoms with E-state index in [2.05, 4.69) is 0 Å². The maximum Gasteiger partial charge on any atom is 0.341 e. The summed E-state index contributed by atoms with van der Waals surface area (Å²) >= 11 is 5.66. The van der Waals surface area contributed by atoms with E-state index in [-0.39, 0.29) is 64.7 Å². The monoisotopic (exact) mass is 669 g/mol. The van der Waals surface area contributed by atoms with Crippen LogP contribution in [0.4, 0.5) is 25.8 Å². The minimum atomic E-state index is -4.42. The highest BCUT2D eigenvalue weighted by Crippen LogP contribution is 2.38. The van der Waals surface area contributed by atoms with Gasteiger partial charge in [-0.1, -0.05) is 0 Å². The number of carboxylic acid groups (broad SMARTS) is 1. The Labute approximate surface area is 265 Å². The molecule has 46 heavy (non-hydrogen) atoms. The standard InChI is InChI=1S/C30H25F2N5O7S2/c31-18-1-3-20(4-2-18)36(46(43,44)22-9-7-21(8-10-22)37(41)42)30(45)34-13-11-33(12-14-34)27-16-26-23(15-25(27)32)28(38)24(29(39)40)17-35(26)19-5-6-19/h1-4,7-10,15-17,19H,5-6,11-14H2,(H,39,40). The van der Waals surface area contributed by atoms with Gasteiger partial charge in [-0.25, -0.2) is 26.3 Å². The number of pyridine rings is 1. The van der Waals surface area contributed by atoms with Crippen molar-refractivity contribution in [1.82, 2.24) is 9.47 Å². The molecule has 0 bridgehead atoms. The van der Waals surface area contributed by atoms with Gasteiger partial charge in [0.15, 0.2) is 5.11 Å². The number of hydrogen-bond acceptors (Lipinski definition) is 8. The number of carbonyl (C=O) groups is 1. The molecule has 1 aromatic heterocycles. The summed E-state index contributed by atoms with van der Waals surface area (Å²) in [4.78, 5) is 38.0. The molecule has 6 rings (SSSR count). The number of nitro groups is 1. The van der Waals surface area contributed by atoms with Gasteiger partial charge in [0.2, 0.25) is 5.43 Å². The van der Waals surface area contributed by atoms with Gasteiger partial charge in [0.05, 0.1) is 26.7 Å². The summed E-state index contributed by atoms with van der Waals surface area (Å²) in [6.07, 6.45) is 2.90. The molecule has 4 aromatic rings. The first-order valence-corrected chi connectivity index (χ1v) is 15.9. The van der Waals surface area contributed by atoms with E-state index in [1.807, 2.05) is 0 Å². The molecule has 0 atom stereocenters. The summed E-state index contributed by atoms with van der Waals surface area (Å²) in [7, 11) is -4.42. The van der Waals surface area contributed by atoms with Crippen molar-refractivity contribution in [1.29, 1.82) is 0 Å². The van der Waals surface area contributed by atoms with Crippen molar-refractivity contribution in [2.45, 2.75) is 23.8 Å². The van der Waals surface area contributed by atoms with Crippen LogP contribution in [0.1, 0.15) is 29.2 Å². The van der Waals surface area contributed by atoms with E-state index in [4.69, 9.17) is 12.2 Å². The Morgan fingerprint density at radius 3 is 2.20 bits per heavy atom. The van der Waals surface area contributed by atoms with Crippen molar-refractivity contribution in [2.24, 2.45) is 0 Å². The van der Waals surface area contributed by atoms with Crippen LogP contribution in [0.25, 0.3) is 10.9 Å².